The molecular weight excluding hydrogens is 330 g/mol. The van der Waals surface area contributed by atoms with Crippen LogP contribution in [0.5, 0.6) is 0 Å². The van der Waals surface area contributed by atoms with E-state index in [0.717, 1.165) is 5.56 Å². The molecule has 26 heavy (non-hydrogen) atoms. The van der Waals surface area contributed by atoms with E-state index in [-0.39, 0.29) is 5.91 Å². The molecule has 0 atom stereocenters. The Morgan fingerprint density at radius 3 is 2.38 bits per heavy atom. The Balaban J connectivity index is 1.77. The Labute approximate surface area is 150 Å². The van der Waals surface area contributed by atoms with Crippen LogP contribution in [0.15, 0.2) is 71.5 Å². The number of hydrogen-bond donors (Lipinski definition) is 1. The molecule has 3 rings (SSSR count). The number of benzene rings is 2. The normalized spacial score (nSPS) is 9.73. The fraction of sp³-hybridized carbons (Fsp3) is 0.0476. The highest BCUT2D eigenvalue weighted by Crippen LogP contribution is 2.12. The van der Waals surface area contributed by atoms with Crippen molar-refractivity contribution in [2.45, 2.75) is 0 Å². The highest BCUT2D eigenvalue weighted by molar-refractivity contribution is 6.04. The third-order valence-electron chi connectivity index (χ3n) is 3.54. The molecule has 1 aromatic heterocycles. The van der Waals surface area contributed by atoms with Crippen molar-refractivity contribution in [2.24, 2.45) is 0 Å². The van der Waals surface area contributed by atoms with Crippen LogP contribution in [0.3, 0.4) is 0 Å². The third-order valence-corrected chi connectivity index (χ3v) is 3.54. The van der Waals surface area contributed by atoms with Crippen molar-refractivity contribution in [2.75, 3.05) is 12.4 Å². The van der Waals surface area contributed by atoms with Gasteiger partial charge < -0.3 is 14.5 Å². The predicted molar refractivity (Wildman–Crippen MR) is 96.9 cm³/mol. The Kier molecular flexibility index (Phi) is 5.16. The number of anilines is 1. The summed E-state index contributed by atoms with van der Waals surface area (Å²) in [5.74, 6) is 5.36. The quantitative estimate of drug-likeness (QED) is 0.580. The molecule has 3 aromatic rings. The second-order valence-electron chi connectivity index (χ2n) is 5.37. The molecule has 0 spiro atoms. The number of carbonyl (C=O) groups is 2. The highest BCUT2D eigenvalue weighted by atomic mass is 16.5. The van der Waals surface area contributed by atoms with Gasteiger partial charge in [0.05, 0.1) is 24.5 Å². The van der Waals surface area contributed by atoms with Crippen molar-refractivity contribution in [3.8, 4) is 11.8 Å². The van der Waals surface area contributed by atoms with Crippen LogP contribution >= 0.6 is 0 Å². The van der Waals surface area contributed by atoms with Crippen LogP contribution in [0.2, 0.25) is 0 Å². The number of methoxy groups -OCH3 is 1. The molecular formula is C21H15NO4. The topological polar surface area (TPSA) is 68.5 Å². The van der Waals surface area contributed by atoms with Gasteiger partial charge in [-0.2, -0.15) is 0 Å². The maximum atomic E-state index is 12.0. The Bertz CT molecular complexity index is 994. The largest absolute Gasteiger partial charge is 0.472 e. The van der Waals surface area contributed by atoms with Gasteiger partial charge in [0.2, 0.25) is 0 Å². The van der Waals surface area contributed by atoms with Crippen molar-refractivity contribution in [1.29, 1.82) is 0 Å². The molecule has 0 aliphatic rings. The van der Waals surface area contributed by atoms with E-state index in [1.807, 2.05) is 12.1 Å². The van der Waals surface area contributed by atoms with Gasteiger partial charge in [0.15, 0.2) is 0 Å². The summed E-state index contributed by atoms with van der Waals surface area (Å²) in [5.41, 5.74) is 2.95. The monoisotopic (exact) mass is 345 g/mol. The van der Waals surface area contributed by atoms with Gasteiger partial charge in [-0.15, -0.1) is 0 Å². The van der Waals surface area contributed by atoms with E-state index in [4.69, 9.17) is 9.15 Å². The van der Waals surface area contributed by atoms with Crippen LogP contribution < -0.4 is 5.32 Å². The van der Waals surface area contributed by atoms with Crippen LogP contribution in [0.1, 0.15) is 31.8 Å². The Hall–Kier alpha value is -3.78. The van der Waals surface area contributed by atoms with Crippen molar-refractivity contribution >= 4 is 17.6 Å². The number of carbonyl (C=O) groups excluding carboxylic acids is 2. The van der Waals surface area contributed by atoms with E-state index in [1.165, 1.54) is 19.6 Å². The van der Waals surface area contributed by atoms with Gasteiger partial charge in [0.1, 0.15) is 6.26 Å². The number of esters is 1. The summed E-state index contributed by atoms with van der Waals surface area (Å²) in [5, 5.41) is 2.79. The standard InChI is InChI=1S/C21H15NO4/c1-25-21(24)17-6-2-4-15(12-17)8-9-16-5-3-7-19(13-16)22-20(23)18-10-11-26-14-18/h2-7,10-14H,1H3,(H,22,23). The number of ether oxygens (including phenoxy) is 1. The van der Waals surface area contributed by atoms with Crippen LogP contribution in [0.25, 0.3) is 0 Å². The fourth-order valence-electron chi connectivity index (χ4n) is 2.26. The van der Waals surface area contributed by atoms with Crippen molar-refractivity contribution in [1.82, 2.24) is 0 Å². The summed E-state index contributed by atoms with van der Waals surface area (Å²) in [4.78, 5) is 23.6. The average Bonchev–Trinajstić information content (AvgIpc) is 3.21. The minimum absolute atomic E-state index is 0.255. The lowest BCUT2D eigenvalue weighted by molar-refractivity contribution is 0.0600. The summed E-state index contributed by atoms with van der Waals surface area (Å²) >= 11 is 0. The van der Waals surface area contributed by atoms with Gasteiger partial charge in [0, 0.05) is 16.8 Å². The fourth-order valence-corrected chi connectivity index (χ4v) is 2.26. The summed E-state index contributed by atoms with van der Waals surface area (Å²) in [6, 6.07) is 15.7. The molecule has 1 amide bonds. The molecule has 128 valence electrons. The molecule has 5 heteroatoms. The predicted octanol–water partition coefficient (Wildman–Crippen LogP) is 3.72. The minimum atomic E-state index is -0.405. The van der Waals surface area contributed by atoms with Crippen LogP contribution in [0.4, 0.5) is 5.69 Å². The molecule has 0 saturated carbocycles. The van der Waals surface area contributed by atoms with Gasteiger partial charge >= 0.3 is 5.97 Å². The lowest BCUT2D eigenvalue weighted by Gasteiger charge is -2.03. The minimum Gasteiger partial charge on any atom is -0.472 e. The first-order valence-corrected chi connectivity index (χ1v) is 7.80. The van der Waals surface area contributed by atoms with E-state index >= 15 is 0 Å². The van der Waals surface area contributed by atoms with Gasteiger partial charge in [-0.1, -0.05) is 24.0 Å². The van der Waals surface area contributed by atoms with Crippen LogP contribution in [-0.4, -0.2) is 19.0 Å². The van der Waals surface area contributed by atoms with E-state index < -0.39 is 5.97 Å². The lowest BCUT2D eigenvalue weighted by atomic mass is 10.1. The maximum absolute atomic E-state index is 12.0. The van der Waals surface area contributed by atoms with Gasteiger partial charge in [-0.05, 0) is 42.5 Å². The van der Waals surface area contributed by atoms with E-state index in [9.17, 15) is 9.59 Å². The number of nitrogens with one attached hydrogen (secondary N) is 1. The molecule has 1 N–H and O–H groups in total. The Morgan fingerprint density at radius 2 is 1.69 bits per heavy atom. The zero-order valence-corrected chi connectivity index (χ0v) is 14.0. The van der Waals surface area contributed by atoms with Gasteiger partial charge in [-0.3, -0.25) is 4.79 Å². The Morgan fingerprint density at radius 1 is 0.962 bits per heavy atom. The van der Waals surface area contributed by atoms with Crippen LogP contribution in [-0.2, 0) is 4.74 Å². The second-order valence-corrected chi connectivity index (χ2v) is 5.37. The molecule has 0 aliphatic carbocycles. The van der Waals surface area contributed by atoms with Crippen molar-refractivity contribution < 1.29 is 18.7 Å². The molecule has 0 fully saturated rings. The number of amides is 1. The van der Waals surface area contributed by atoms with E-state index in [2.05, 4.69) is 17.2 Å². The first-order valence-electron chi connectivity index (χ1n) is 7.80. The summed E-state index contributed by atoms with van der Waals surface area (Å²) in [6.07, 6.45) is 2.83. The van der Waals surface area contributed by atoms with Crippen LogP contribution in [0, 0.1) is 11.8 Å². The molecule has 0 saturated heterocycles. The zero-order valence-electron chi connectivity index (χ0n) is 14.0. The summed E-state index contributed by atoms with van der Waals surface area (Å²) in [6.45, 7) is 0. The molecule has 0 radical (unpaired) electrons. The number of hydrogen-bond acceptors (Lipinski definition) is 4. The highest BCUT2D eigenvalue weighted by Gasteiger charge is 2.07. The van der Waals surface area contributed by atoms with Gasteiger partial charge in [0.25, 0.3) is 5.91 Å². The molecule has 0 unspecified atom stereocenters. The maximum Gasteiger partial charge on any atom is 0.337 e. The van der Waals surface area contributed by atoms with E-state index in [1.54, 1.807) is 42.5 Å². The van der Waals surface area contributed by atoms with Gasteiger partial charge in [-0.25, -0.2) is 4.79 Å². The van der Waals surface area contributed by atoms with E-state index in [0.29, 0.717) is 22.4 Å². The smallest absolute Gasteiger partial charge is 0.337 e. The molecule has 0 bridgehead atoms. The molecule has 2 aromatic carbocycles. The molecule has 0 aliphatic heterocycles. The molecule has 5 nitrogen and oxygen atoms in total. The first-order chi connectivity index (χ1) is 12.7. The number of furan rings is 1. The molecule has 1 heterocycles. The third kappa shape index (κ3) is 4.19. The first kappa shape index (κ1) is 17.1. The summed E-state index contributed by atoms with van der Waals surface area (Å²) in [7, 11) is 1.34. The zero-order chi connectivity index (χ0) is 18.4. The van der Waals surface area contributed by atoms with Crippen molar-refractivity contribution in [3.63, 3.8) is 0 Å². The second kappa shape index (κ2) is 7.86. The number of rotatable bonds is 3. The van der Waals surface area contributed by atoms with Crippen molar-refractivity contribution in [3.05, 3.63) is 89.4 Å². The summed E-state index contributed by atoms with van der Waals surface area (Å²) < 4.78 is 9.61. The lowest BCUT2D eigenvalue weighted by Crippen LogP contribution is -2.10. The SMILES string of the molecule is COC(=O)c1cccc(C#Cc2cccc(NC(=O)c3ccoc3)c2)c1. The average molecular weight is 345 g/mol.